The van der Waals surface area contributed by atoms with Gasteiger partial charge in [0, 0.05) is 13.1 Å². The first-order valence-corrected chi connectivity index (χ1v) is 8.77. The normalized spacial score (nSPS) is 14.2. The van der Waals surface area contributed by atoms with Crippen molar-refractivity contribution in [2.45, 2.75) is 53.0 Å². The van der Waals surface area contributed by atoms with Gasteiger partial charge in [-0.15, -0.1) is 0 Å². The molecule has 0 radical (unpaired) electrons. The predicted molar refractivity (Wildman–Crippen MR) is 87.6 cm³/mol. The smallest absolute Gasteiger partial charge is 0.240 e. The summed E-state index contributed by atoms with van der Waals surface area (Å²) >= 11 is 0. The van der Waals surface area contributed by atoms with Crippen LogP contribution in [0.5, 0.6) is 0 Å². The van der Waals surface area contributed by atoms with Crippen molar-refractivity contribution < 1.29 is 8.42 Å². The largest absolute Gasteiger partial charge is 0.326 e. The van der Waals surface area contributed by atoms with Crippen LogP contribution in [0.4, 0.5) is 0 Å². The first-order chi connectivity index (χ1) is 9.49. The second-order valence-electron chi connectivity index (χ2n) is 6.87. The van der Waals surface area contributed by atoms with E-state index in [4.69, 9.17) is 5.73 Å². The van der Waals surface area contributed by atoms with Crippen molar-refractivity contribution in [1.29, 1.82) is 0 Å². The van der Waals surface area contributed by atoms with Gasteiger partial charge in [0.1, 0.15) is 0 Å². The summed E-state index contributed by atoms with van der Waals surface area (Å²) in [4.78, 5) is 0.328. The highest BCUT2D eigenvalue weighted by Gasteiger charge is 2.24. The Kier molecular flexibility index (Phi) is 5.58. The highest BCUT2D eigenvalue weighted by atomic mass is 32.2. The molecule has 0 amide bonds. The third kappa shape index (κ3) is 4.53. The van der Waals surface area contributed by atoms with Gasteiger partial charge in [0.15, 0.2) is 0 Å². The summed E-state index contributed by atoms with van der Waals surface area (Å²) in [6.45, 7) is 12.9. The summed E-state index contributed by atoms with van der Waals surface area (Å²) in [6.07, 6.45) is 0. The quantitative estimate of drug-likeness (QED) is 0.878. The first kappa shape index (κ1) is 18.1. The monoisotopic (exact) mass is 312 g/mol. The molecule has 0 saturated heterocycles. The Morgan fingerprint density at radius 1 is 1.19 bits per heavy atom. The van der Waals surface area contributed by atoms with Crippen LogP contribution < -0.4 is 10.5 Å². The molecule has 1 aromatic rings. The van der Waals surface area contributed by atoms with Crippen molar-refractivity contribution >= 4 is 10.0 Å². The molecular weight excluding hydrogens is 284 g/mol. The van der Waals surface area contributed by atoms with Gasteiger partial charge in [0.05, 0.1) is 4.90 Å². The fourth-order valence-electron chi connectivity index (χ4n) is 2.00. The molecule has 1 rings (SSSR count). The fourth-order valence-corrected chi connectivity index (χ4v) is 3.41. The number of aryl methyl sites for hydroxylation is 2. The Labute approximate surface area is 129 Å². The number of benzene rings is 1. The molecule has 1 aromatic carbocycles. The van der Waals surface area contributed by atoms with Crippen molar-refractivity contribution in [3.8, 4) is 0 Å². The minimum Gasteiger partial charge on any atom is -0.326 e. The lowest BCUT2D eigenvalue weighted by atomic mass is 9.82. The lowest BCUT2D eigenvalue weighted by Crippen LogP contribution is -2.34. The van der Waals surface area contributed by atoms with Gasteiger partial charge < -0.3 is 5.73 Å². The molecule has 1 atom stereocenters. The number of nitrogens with one attached hydrogen (secondary N) is 1. The summed E-state index contributed by atoms with van der Waals surface area (Å²) in [7, 11) is -3.50. The van der Waals surface area contributed by atoms with Gasteiger partial charge in [-0.3, -0.25) is 0 Å². The van der Waals surface area contributed by atoms with Gasteiger partial charge in [-0.2, -0.15) is 0 Å². The summed E-state index contributed by atoms with van der Waals surface area (Å²) in [5, 5.41) is 0. The first-order valence-electron chi connectivity index (χ1n) is 7.29. The molecule has 21 heavy (non-hydrogen) atoms. The maximum Gasteiger partial charge on any atom is 0.240 e. The van der Waals surface area contributed by atoms with E-state index in [0.717, 1.165) is 16.7 Å². The van der Waals surface area contributed by atoms with Crippen LogP contribution in [0, 0.1) is 25.2 Å². The van der Waals surface area contributed by atoms with E-state index in [0.29, 0.717) is 18.0 Å². The third-order valence-electron chi connectivity index (χ3n) is 4.20. The van der Waals surface area contributed by atoms with E-state index in [1.54, 1.807) is 6.07 Å². The van der Waals surface area contributed by atoms with Gasteiger partial charge in [0.25, 0.3) is 0 Å². The van der Waals surface area contributed by atoms with Crippen LogP contribution in [-0.4, -0.2) is 15.0 Å². The molecule has 0 aliphatic carbocycles. The summed E-state index contributed by atoms with van der Waals surface area (Å²) < 4.78 is 27.7. The minimum absolute atomic E-state index is 0.0628. The van der Waals surface area contributed by atoms with Crippen LogP contribution in [0.15, 0.2) is 17.0 Å². The lowest BCUT2D eigenvalue weighted by molar-refractivity contribution is 0.263. The van der Waals surface area contributed by atoms with Crippen LogP contribution in [0.3, 0.4) is 0 Å². The molecule has 0 heterocycles. The highest BCUT2D eigenvalue weighted by molar-refractivity contribution is 7.89. The predicted octanol–water partition coefficient (Wildman–Crippen LogP) is 2.72. The van der Waals surface area contributed by atoms with Crippen LogP contribution in [0.1, 0.15) is 44.4 Å². The molecule has 0 aliphatic heterocycles. The zero-order chi connectivity index (χ0) is 16.4. The Hall–Kier alpha value is -0.910. The van der Waals surface area contributed by atoms with E-state index < -0.39 is 10.0 Å². The lowest BCUT2D eigenvalue weighted by Gasteiger charge is -2.27. The molecule has 0 bridgehead atoms. The molecule has 0 fully saturated rings. The standard InChI is InChI=1S/C16H28N2O2S/c1-11-7-12(2)15(8-14(11)9-17)21(19,20)18-10-13(3)16(4,5)6/h7-8,13,18H,9-10,17H2,1-6H3. The number of sulfonamides is 1. The fraction of sp³-hybridized carbons (Fsp3) is 0.625. The van der Waals surface area contributed by atoms with E-state index in [-0.39, 0.29) is 11.3 Å². The van der Waals surface area contributed by atoms with Crippen molar-refractivity contribution in [3.05, 3.63) is 28.8 Å². The Bertz CT molecular complexity index is 601. The van der Waals surface area contributed by atoms with Crippen LogP contribution >= 0.6 is 0 Å². The number of hydrogen-bond acceptors (Lipinski definition) is 3. The second-order valence-corrected chi connectivity index (χ2v) is 8.60. The number of rotatable bonds is 5. The maximum atomic E-state index is 12.5. The van der Waals surface area contributed by atoms with Gasteiger partial charge in [0.2, 0.25) is 10.0 Å². The van der Waals surface area contributed by atoms with E-state index >= 15 is 0 Å². The summed E-state index contributed by atoms with van der Waals surface area (Å²) in [6, 6.07) is 3.57. The van der Waals surface area contributed by atoms with Crippen molar-refractivity contribution in [1.82, 2.24) is 4.72 Å². The molecule has 120 valence electrons. The molecule has 0 spiro atoms. The van der Waals surface area contributed by atoms with Crippen LogP contribution in [0.25, 0.3) is 0 Å². The van der Waals surface area contributed by atoms with E-state index in [2.05, 4.69) is 32.4 Å². The molecule has 1 unspecified atom stereocenters. The Morgan fingerprint density at radius 2 is 1.76 bits per heavy atom. The van der Waals surface area contributed by atoms with Crippen LogP contribution in [-0.2, 0) is 16.6 Å². The topological polar surface area (TPSA) is 72.2 Å². The van der Waals surface area contributed by atoms with E-state index in [9.17, 15) is 8.42 Å². The average Bonchev–Trinajstić information content (AvgIpc) is 2.34. The highest BCUT2D eigenvalue weighted by Crippen LogP contribution is 2.25. The van der Waals surface area contributed by atoms with Gasteiger partial charge in [-0.1, -0.05) is 33.8 Å². The van der Waals surface area contributed by atoms with Crippen LogP contribution in [0.2, 0.25) is 0 Å². The summed E-state index contributed by atoms with van der Waals surface area (Å²) in [5.74, 6) is 0.243. The molecule has 0 aromatic heterocycles. The summed E-state index contributed by atoms with van der Waals surface area (Å²) in [5.41, 5.74) is 8.38. The second kappa shape index (κ2) is 6.46. The Balaban J connectivity index is 3.04. The average molecular weight is 312 g/mol. The molecule has 5 heteroatoms. The zero-order valence-corrected chi connectivity index (χ0v) is 14.8. The molecule has 0 saturated carbocycles. The van der Waals surface area contributed by atoms with Crippen molar-refractivity contribution in [3.63, 3.8) is 0 Å². The maximum absolute atomic E-state index is 12.5. The SMILES string of the molecule is Cc1cc(C)c(S(=O)(=O)NCC(C)C(C)(C)C)cc1CN. The van der Waals surface area contributed by atoms with E-state index in [1.807, 2.05) is 19.9 Å². The Morgan fingerprint density at radius 3 is 2.24 bits per heavy atom. The molecular formula is C16H28N2O2S. The van der Waals surface area contributed by atoms with Crippen molar-refractivity contribution in [2.24, 2.45) is 17.1 Å². The molecule has 3 N–H and O–H groups in total. The van der Waals surface area contributed by atoms with Gasteiger partial charge in [-0.05, 0) is 47.9 Å². The van der Waals surface area contributed by atoms with Gasteiger partial charge in [-0.25, -0.2) is 13.1 Å². The van der Waals surface area contributed by atoms with Crippen molar-refractivity contribution in [2.75, 3.05) is 6.54 Å². The van der Waals surface area contributed by atoms with E-state index in [1.165, 1.54) is 0 Å². The zero-order valence-electron chi connectivity index (χ0n) is 13.9. The molecule has 4 nitrogen and oxygen atoms in total. The molecule has 0 aliphatic rings. The minimum atomic E-state index is -3.50. The number of nitrogens with two attached hydrogens (primary N) is 1. The number of hydrogen-bond donors (Lipinski definition) is 2. The van der Waals surface area contributed by atoms with Gasteiger partial charge >= 0.3 is 0 Å². The third-order valence-corrected chi connectivity index (χ3v) is 5.77.